The summed E-state index contributed by atoms with van der Waals surface area (Å²) in [5, 5.41) is 2.07. The number of carbonyl (C=O) groups excluding carboxylic acids is 3. The van der Waals surface area contributed by atoms with Gasteiger partial charge in [0.2, 0.25) is 5.91 Å². The maximum atomic E-state index is 12.4. The van der Waals surface area contributed by atoms with Crippen LogP contribution in [-0.4, -0.2) is 44.2 Å². The van der Waals surface area contributed by atoms with Crippen LogP contribution in [0.15, 0.2) is 24.3 Å². The summed E-state index contributed by atoms with van der Waals surface area (Å²) in [6, 6.07) is 2.94. The average molecular weight is 394 g/mol. The highest BCUT2D eigenvalue weighted by molar-refractivity contribution is 5.90. The number of ether oxygens (including phenoxy) is 3. The Labute approximate surface area is 149 Å². The number of carbonyl (C=O) groups is 3. The summed E-state index contributed by atoms with van der Waals surface area (Å²) in [7, 11) is 0. The quantitative estimate of drug-likeness (QED) is 0.348. The van der Waals surface area contributed by atoms with Gasteiger partial charge in [-0.2, -0.15) is 17.6 Å². The molecule has 0 aromatic heterocycles. The van der Waals surface area contributed by atoms with Crippen molar-refractivity contribution in [1.82, 2.24) is 5.32 Å². The lowest BCUT2D eigenvalue weighted by Gasteiger charge is -2.11. The van der Waals surface area contributed by atoms with Gasteiger partial charge >= 0.3 is 19.2 Å². The predicted molar refractivity (Wildman–Crippen MR) is 81.9 cm³/mol. The SMILES string of the molecule is NC(=O)CNC(=O)COC(=O)/C=C/c1ccc(OC(F)F)cc1OC(F)F. The fourth-order valence-corrected chi connectivity index (χ4v) is 1.61. The van der Waals surface area contributed by atoms with Gasteiger partial charge in [-0.1, -0.05) is 0 Å². The molecule has 0 aliphatic carbocycles. The fraction of sp³-hybridized carbons (Fsp3) is 0.267. The van der Waals surface area contributed by atoms with Crippen molar-refractivity contribution < 1.29 is 46.2 Å². The van der Waals surface area contributed by atoms with E-state index in [1.807, 2.05) is 0 Å². The van der Waals surface area contributed by atoms with E-state index in [1.165, 1.54) is 0 Å². The molecule has 3 N–H and O–H groups in total. The maximum Gasteiger partial charge on any atom is 0.387 e. The number of halogens is 4. The van der Waals surface area contributed by atoms with E-state index in [9.17, 15) is 31.9 Å². The number of nitrogens with one attached hydrogen (secondary N) is 1. The second-order valence-corrected chi connectivity index (χ2v) is 4.64. The summed E-state index contributed by atoms with van der Waals surface area (Å²) in [6.07, 6.45) is 1.80. The molecule has 0 radical (unpaired) electrons. The lowest BCUT2D eigenvalue weighted by Crippen LogP contribution is -2.35. The first-order chi connectivity index (χ1) is 12.7. The molecule has 0 heterocycles. The Hall–Kier alpha value is -3.31. The molecule has 0 bridgehead atoms. The van der Waals surface area contributed by atoms with Gasteiger partial charge in [-0.3, -0.25) is 9.59 Å². The molecule has 148 valence electrons. The van der Waals surface area contributed by atoms with Crippen molar-refractivity contribution in [2.24, 2.45) is 5.73 Å². The van der Waals surface area contributed by atoms with Crippen LogP contribution in [0.25, 0.3) is 6.08 Å². The molecule has 0 aliphatic heterocycles. The molecule has 1 aromatic carbocycles. The van der Waals surface area contributed by atoms with Gasteiger partial charge in [0.15, 0.2) is 6.61 Å². The first-order valence-corrected chi connectivity index (χ1v) is 7.11. The minimum Gasteiger partial charge on any atom is -0.452 e. The van der Waals surface area contributed by atoms with E-state index in [-0.39, 0.29) is 5.56 Å². The molecular weight excluding hydrogens is 380 g/mol. The van der Waals surface area contributed by atoms with Gasteiger partial charge in [-0.15, -0.1) is 0 Å². The molecule has 0 atom stereocenters. The van der Waals surface area contributed by atoms with Crippen molar-refractivity contribution in [2.75, 3.05) is 13.2 Å². The summed E-state index contributed by atoms with van der Waals surface area (Å²) in [5.41, 5.74) is 4.74. The molecule has 0 fully saturated rings. The van der Waals surface area contributed by atoms with Crippen LogP contribution in [-0.2, 0) is 19.1 Å². The van der Waals surface area contributed by atoms with E-state index in [0.29, 0.717) is 0 Å². The molecule has 0 saturated heterocycles. The molecule has 0 saturated carbocycles. The fourth-order valence-electron chi connectivity index (χ4n) is 1.61. The molecule has 0 unspecified atom stereocenters. The highest BCUT2D eigenvalue weighted by atomic mass is 19.3. The number of rotatable bonds is 10. The molecule has 12 heteroatoms. The molecule has 2 amide bonds. The number of hydrogen-bond donors (Lipinski definition) is 2. The number of alkyl halides is 4. The van der Waals surface area contributed by atoms with Crippen molar-refractivity contribution in [2.45, 2.75) is 13.2 Å². The molecule has 0 aliphatic rings. The Morgan fingerprint density at radius 1 is 1.11 bits per heavy atom. The molecule has 27 heavy (non-hydrogen) atoms. The van der Waals surface area contributed by atoms with E-state index < -0.39 is 55.7 Å². The smallest absolute Gasteiger partial charge is 0.387 e. The third kappa shape index (κ3) is 9.09. The van der Waals surface area contributed by atoms with Gasteiger partial charge < -0.3 is 25.3 Å². The third-order valence-electron chi connectivity index (χ3n) is 2.63. The van der Waals surface area contributed by atoms with Gasteiger partial charge in [0, 0.05) is 17.7 Å². The largest absolute Gasteiger partial charge is 0.452 e. The minimum atomic E-state index is -3.25. The standard InChI is InChI=1S/C15H14F4N2O6/c16-14(17)26-9-3-1-8(10(5-9)27-15(18)19)2-4-13(24)25-7-12(23)21-6-11(20)22/h1-5,14-15H,6-7H2,(H2,20,22)(H,21,23)/b4-2+. The van der Waals surface area contributed by atoms with E-state index in [2.05, 4.69) is 19.5 Å². The van der Waals surface area contributed by atoms with E-state index in [1.54, 1.807) is 0 Å². The number of hydrogen-bond acceptors (Lipinski definition) is 6. The number of esters is 1. The highest BCUT2D eigenvalue weighted by Crippen LogP contribution is 2.28. The molecular formula is C15H14F4N2O6. The lowest BCUT2D eigenvalue weighted by molar-refractivity contribution is -0.143. The van der Waals surface area contributed by atoms with Crippen LogP contribution in [0.5, 0.6) is 11.5 Å². The second kappa shape index (κ2) is 10.6. The van der Waals surface area contributed by atoms with E-state index in [0.717, 1.165) is 30.4 Å². The summed E-state index contributed by atoms with van der Waals surface area (Å²) in [5.74, 6) is -3.54. The van der Waals surface area contributed by atoms with Crippen molar-refractivity contribution >= 4 is 23.9 Å². The summed E-state index contributed by atoms with van der Waals surface area (Å²) >= 11 is 0. The monoisotopic (exact) mass is 394 g/mol. The van der Waals surface area contributed by atoms with Crippen molar-refractivity contribution in [3.8, 4) is 11.5 Å². The van der Waals surface area contributed by atoms with Crippen LogP contribution in [0.1, 0.15) is 5.56 Å². The van der Waals surface area contributed by atoms with Gasteiger partial charge in [-0.25, -0.2) is 4.79 Å². The van der Waals surface area contributed by atoms with Crippen molar-refractivity contribution in [1.29, 1.82) is 0 Å². The topological polar surface area (TPSA) is 117 Å². The zero-order valence-corrected chi connectivity index (χ0v) is 13.5. The molecule has 8 nitrogen and oxygen atoms in total. The number of primary amides is 1. The van der Waals surface area contributed by atoms with Crippen LogP contribution in [0.3, 0.4) is 0 Å². The summed E-state index contributed by atoms with van der Waals surface area (Å²) < 4.78 is 62.0. The summed E-state index contributed by atoms with van der Waals surface area (Å²) in [4.78, 5) is 33.2. The zero-order chi connectivity index (χ0) is 20.4. The van der Waals surface area contributed by atoms with Crippen LogP contribution in [0.2, 0.25) is 0 Å². The maximum absolute atomic E-state index is 12.4. The van der Waals surface area contributed by atoms with Crippen LogP contribution in [0, 0.1) is 0 Å². The van der Waals surface area contributed by atoms with Crippen molar-refractivity contribution in [3.05, 3.63) is 29.8 Å². The molecule has 0 spiro atoms. The van der Waals surface area contributed by atoms with Crippen LogP contribution < -0.4 is 20.5 Å². The van der Waals surface area contributed by atoms with Crippen LogP contribution in [0.4, 0.5) is 17.6 Å². The summed E-state index contributed by atoms with van der Waals surface area (Å²) in [6.45, 7) is -7.56. The van der Waals surface area contributed by atoms with Crippen molar-refractivity contribution in [3.63, 3.8) is 0 Å². The Bertz CT molecular complexity index is 712. The van der Waals surface area contributed by atoms with Gasteiger partial charge in [-0.05, 0) is 18.2 Å². The van der Waals surface area contributed by atoms with E-state index in [4.69, 9.17) is 5.73 Å². The highest BCUT2D eigenvalue weighted by Gasteiger charge is 2.13. The molecule has 1 rings (SSSR count). The molecule has 1 aromatic rings. The first kappa shape index (κ1) is 21.7. The normalized spacial score (nSPS) is 10.9. The minimum absolute atomic E-state index is 0.0629. The lowest BCUT2D eigenvalue weighted by atomic mass is 10.1. The van der Waals surface area contributed by atoms with Gasteiger partial charge in [0.1, 0.15) is 11.5 Å². The van der Waals surface area contributed by atoms with Gasteiger partial charge in [0.25, 0.3) is 5.91 Å². The second-order valence-electron chi connectivity index (χ2n) is 4.64. The van der Waals surface area contributed by atoms with E-state index >= 15 is 0 Å². The average Bonchev–Trinajstić information content (AvgIpc) is 2.56. The Balaban J connectivity index is 2.73. The third-order valence-corrected chi connectivity index (χ3v) is 2.63. The first-order valence-electron chi connectivity index (χ1n) is 7.11. The Kier molecular flexibility index (Phi) is 8.56. The van der Waals surface area contributed by atoms with Crippen LogP contribution >= 0.6 is 0 Å². The number of amides is 2. The Morgan fingerprint density at radius 3 is 2.37 bits per heavy atom. The number of benzene rings is 1. The predicted octanol–water partition coefficient (Wildman–Crippen LogP) is 1.05. The number of nitrogens with two attached hydrogens (primary N) is 1. The zero-order valence-electron chi connectivity index (χ0n) is 13.5. The van der Waals surface area contributed by atoms with Gasteiger partial charge in [0.05, 0.1) is 6.54 Å². The Morgan fingerprint density at radius 2 is 1.78 bits per heavy atom.